The van der Waals surface area contributed by atoms with E-state index in [2.05, 4.69) is 31.9 Å². The quantitative estimate of drug-likeness (QED) is 0.368. The minimum Gasteiger partial charge on any atom is -0.550 e. The zero-order valence-corrected chi connectivity index (χ0v) is 15.0. The SMILES string of the molecule is O=C([O-])CC[C@@H](C(=O)[O-])N1C(=O)[C@@H]2[C@@H]3C[C@@H]([C@@H](Br)[C@H]3Br)[C@@H]2C1=O. The minimum atomic E-state index is -1.62. The second-order valence-electron chi connectivity index (χ2n) is 6.30. The van der Waals surface area contributed by atoms with E-state index in [9.17, 15) is 29.4 Å². The molecule has 126 valence electrons. The lowest BCUT2D eigenvalue weighted by Gasteiger charge is -2.28. The van der Waals surface area contributed by atoms with E-state index in [4.69, 9.17) is 0 Å². The molecule has 0 aromatic carbocycles. The number of hydrogen-bond acceptors (Lipinski definition) is 6. The summed E-state index contributed by atoms with van der Waals surface area (Å²) in [6.07, 6.45) is -0.214. The van der Waals surface area contributed by atoms with E-state index < -0.39 is 54.5 Å². The smallest absolute Gasteiger partial charge is 0.234 e. The van der Waals surface area contributed by atoms with E-state index >= 15 is 0 Å². The summed E-state index contributed by atoms with van der Waals surface area (Å²) >= 11 is 7.07. The molecule has 1 aliphatic heterocycles. The molecule has 23 heavy (non-hydrogen) atoms. The summed E-state index contributed by atoms with van der Waals surface area (Å²) in [6, 6.07) is -1.56. The Morgan fingerprint density at radius 2 is 1.57 bits per heavy atom. The fourth-order valence-corrected chi connectivity index (χ4v) is 6.16. The number of imide groups is 1. The summed E-state index contributed by atoms with van der Waals surface area (Å²) in [5.74, 6) is -5.22. The maximum atomic E-state index is 12.6. The van der Waals surface area contributed by atoms with Crippen LogP contribution in [-0.2, 0) is 19.2 Å². The number of halogens is 2. The highest BCUT2D eigenvalue weighted by Crippen LogP contribution is 2.60. The first-order chi connectivity index (χ1) is 10.8. The highest BCUT2D eigenvalue weighted by molar-refractivity contribution is 9.12. The summed E-state index contributed by atoms with van der Waals surface area (Å²) in [6.45, 7) is 0. The zero-order chi connectivity index (χ0) is 17.0. The Bertz CT molecular complexity index is 564. The third kappa shape index (κ3) is 2.43. The predicted octanol–water partition coefficient (Wildman–Crippen LogP) is -1.59. The molecule has 0 spiro atoms. The zero-order valence-electron chi connectivity index (χ0n) is 11.8. The van der Waals surface area contributed by atoms with Crippen molar-refractivity contribution in [2.45, 2.75) is 35.0 Å². The second kappa shape index (κ2) is 5.84. The molecule has 9 heteroatoms. The number of fused-ring (bicyclic) bond motifs is 5. The molecule has 0 N–H and O–H groups in total. The van der Waals surface area contributed by atoms with Crippen LogP contribution < -0.4 is 10.2 Å². The van der Waals surface area contributed by atoms with Crippen molar-refractivity contribution in [2.24, 2.45) is 23.7 Å². The van der Waals surface area contributed by atoms with Gasteiger partial charge in [-0.1, -0.05) is 31.9 Å². The number of hydrogen-bond donors (Lipinski definition) is 0. The van der Waals surface area contributed by atoms with Gasteiger partial charge in [-0.2, -0.15) is 0 Å². The molecule has 0 radical (unpaired) electrons. The molecule has 2 aliphatic carbocycles. The fourth-order valence-electron chi connectivity index (χ4n) is 4.29. The number of alkyl halides is 2. The number of carboxylic acids is 2. The van der Waals surface area contributed by atoms with Crippen LogP contribution in [0.4, 0.5) is 0 Å². The molecule has 0 aromatic heterocycles. The van der Waals surface area contributed by atoms with Gasteiger partial charge in [0.2, 0.25) is 11.8 Å². The molecular formula is C14H13Br2NO6-2. The van der Waals surface area contributed by atoms with Crippen LogP contribution in [0.1, 0.15) is 19.3 Å². The van der Waals surface area contributed by atoms with Crippen molar-refractivity contribution in [3.05, 3.63) is 0 Å². The molecule has 1 saturated heterocycles. The summed E-state index contributed by atoms with van der Waals surface area (Å²) < 4.78 is 0. The Morgan fingerprint density at radius 1 is 1.09 bits per heavy atom. The van der Waals surface area contributed by atoms with E-state index in [1.807, 2.05) is 0 Å². The Hall–Kier alpha value is -0.960. The van der Waals surface area contributed by atoms with Gasteiger partial charge in [0.25, 0.3) is 0 Å². The van der Waals surface area contributed by atoms with E-state index in [1.165, 1.54) is 0 Å². The van der Waals surface area contributed by atoms with Crippen molar-refractivity contribution in [1.82, 2.24) is 4.90 Å². The number of nitrogens with zero attached hydrogens (tertiary/aromatic N) is 1. The molecule has 7 atom stereocenters. The number of rotatable bonds is 5. The third-order valence-corrected chi connectivity index (χ3v) is 8.43. The fraction of sp³-hybridized carbons (Fsp3) is 0.714. The minimum absolute atomic E-state index is 0.0284. The summed E-state index contributed by atoms with van der Waals surface area (Å²) in [7, 11) is 0. The number of carbonyl (C=O) groups is 4. The topological polar surface area (TPSA) is 118 Å². The average molecular weight is 451 g/mol. The highest BCUT2D eigenvalue weighted by Gasteiger charge is 2.67. The predicted molar refractivity (Wildman–Crippen MR) is 78.9 cm³/mol. The van der Waals surface area contributed by atoms with Crippen molar-refractivity contribution in [1.29, 1.82) is 0 Å². The standard InChI is InChI=1S/C14H15Br2NO6/c15-10-4-3-5(11(10)16)9-8(4)12(20)17(13(9)21)6(14(22)23)1-2-7(18)19/h4-6,8-11H,1-3H2,(H,18,19)(H,22,23)/p-2/t4-,5+,6-,8+,9-,10-,11+/m0/s1. The maximum Gasteiger partial charge on any atom is 0.234 e. The lowest BCUT2D eigenvalue weighted by atomic mass is 9.81. The normalized spacial score (nSPS) is 39.7. The molecule has 3 fully saturated rings. The van der Waals surface area contributed by atoms with Crippen LogP contribution in [0.15, 0.2) is 0 Å². The summed E-state index contributed by atoms with van der Waals surface area (Å²) in [5, 5.41) is 21.9. The molecular weight excluding hydrogens is 438 g/mol. The molecule has 3 aliphatic rings. The van der Waals surface area contributed by atoms with Gasteiger partial charge >= 0.3 is 0 Å². The molecule has 7 nitrogen and oxygen atoms in total. The molecule has 1 heterocycles. The molecule has 2 bridgehead atoms. The van der Waals surface area contributed by atoms with Crippen LogP contribution >= 0.6 is 31.9 Å². The van der Waals surface area contributed by atoms with Crippen molar-refractivity contribution in [3.8, 4) is 0 Å². The van der Waals surface area contributed by atoms with Gasteiger partial charge in [0.1, 0.15) is 0 Å². The first-order valence-corrected chi connectivity index (χ1v) is 9.14. The van der Waals surface area contributed by atoms with Gasteiger partial charge in [0, 0.05) is 15.6 Å². The van der Waals surface area contributed by atoms with Crippen LogP contribution in [-0.4, -0.2) is 44.3 Å². The van der Waals surface area contributed by atoms with Crippen molar-refractivity contribution >= 4 is 55.6 Å². The number of aliphatic carboxylic acids is 2. The van der Waals surface area contributed by atoms with Crippen LogP contribution in [0.25, 0.3) is 0 Å². The van der Waals surface area contributed by atoms with Crippen LogP contribution in [0.2, 0.25) is 0 Å². The maximum absolute atomic E-state index is 12.6. The first kappa shape index (κ1) is 16.9. The average Bonchev–Trinajstić information content (AvgIpc) is 3.06. The van der Waals surface area contributed by atoms with E-state index in [1.54, 1.807) is 0 Å². The largest absolute Gasteiger partial charge is 0.550 e. The van der Waals surface area contributed by atoms with Crippen molar-refractivity contribution in [2.75, 3.05) is 0 Å². The molecule has 2 saturated carbocycles. The van der Waals surface area contributed by atoms with E-state index in [0.29, 0.717) is 0 Å². The number of carbonyl (C=O) groups excluding carboxylic acids is 4. The van der Waals surface area contributed by atoms with Gasteiger partial charge in [-0.25, -0.2) is 0 Å². The first-order valence-electron chi connectivity index (χ1n) is 7.31. The van der Waals surface area contributed by atoms with Gasteiger partial charge < -0.3 is 19.8 Å². The lowest BCUT2D eigenvalue weighted by molar-refractivity contribution is -0.312. The second-order valence-corrected chi connectivity index (χ2v) is 8.41. The van der Waals surface area contributed by atoms with Gasteiger partial charge in [0.05, 0.1) is 23.8 Å². The molecule has 0 aromatic rings. The Morgan fingerprint density at radius 3 is 1.96 bits per heavy atom. The number of carboxylic acid groups (broad SMARTS) is 2. The van der Waals surface area contributed by atoms with Gasteiger partial charge in [-0.05, 0) is 31.1 Å². The number of amides is 2. The van der Waals surface area contributed by atoms with Crippen LogP contribution in [0, 0.1) is 23.7 Å². The van der Waals surface area contributed by atoms with Gasteiger partial charge in [0.15, 0.2) is 0 Å². The Balaban J connectivity index is 1.87. The third-order valence-electron chi connectivity index (χ3n) is 5.23. The van der Waals surface area contributed by atoms with Gasteiger partial charge in [-0.3, -0.25) is 14.5 Å². The molecule has 2 amide bonds. The van der Waals surface area contributed by atoms with E-state index in [-0.39, 0.29) is 21.5 Å². The molecule has 0 unspecified atom stereocenters. The Kier molecular flexibility index (Phi) is 4.29. The van der Waals surface area contributed by atoms with E-state index in [0.717, 1.165) is 11.3 Å². The Labute approximate surface area is 148 Å². The lowest BCUT2D eigenvalue weighted by Crippen LogP contribution is -2.52. The summed E-state index contributed by atoms with van der Waals surface area (Å²) in [4.78, 5) is 48.0. The monoisotopic (exact) mass is 449 g/mol. The van der Waals surface area contributed by atoms with Crippen molar-refractivity contribution in [3.63, 3.8) is 0 Å². The van der Waals surface area contributed by atoms with Crippen LogP contribution in [0.3, 0.4) is 0 Å². The van der Waals surface area contributed by atoms with Gasteiger partial charge in [-0.15, -0.1) is 0 Å². The summed E-state index contributed by atoms with van der Waals surface area (Å²) in [5.41, 5.74) is 0. The molecule has 3 rings (SSSR count). The van der Waals surface area contributed by atoms with Crippen LogP contribution in [0.5, 0.6) is 0 Å². The highest BCUT2D eigenvalue weighted by atomic mass is 79.9. The van der Waals surface area contributed by atoms with Crippen molar-refractivity contribution < 1.29 is 29.4 Å². The number of likely N-dealkylation sites (tertiary alicyclic amines) is 1.